The van der Waals surface area contributed by atoms with Crippen LogP contribution in [0.5, 0.6) is 5.75 Å². The van der Waals surface area contributed by atoms with Crippen LogP contribution in [-0.4, -0.2) is 73.0 Å². The Labute approximate surface area is 243 Å². The van der Waals surface area contributed by atoms with Crippen LogP contribution in [-0.2, 0) is 29.6 Å². The molecule has 13 heteroatoms. The number of ether oxygens (including phenoxy) is 2. The van der Waals surface area contributed by atoms with Gasteiger partial charge in [0.2, 0.25) is 15.9 Å². The van der Waals surface area contributed by atoms with E-state index in [1.54, 1.807) is 48.5 Å². The number of halogens is 1. The Kier molecular flexibility index (Phi) is 9.85. The van der Waals surface area contributed by atoms with Crippen molar-refractivity contribution in [3.05, 3.63) is 82.8 Å². The van der Waals surface area contributed by atoms with Crippen LogP contribution in [0.3, 0.4) is 0 Å². The number of anilines is 1. The molecule has 4 rings (SSSR count). The summed E-state index contributed by atoms with van der Waals surface area (Å²) >= 11 is 3.36. The number of carbonyl (C=O) groups excluding carboxylic acids is 1. The van der Waals surface area contributed by atoms with E-state index >= 15 is 0 Å². The number of nitrogens with zero attached hydrogens (tertiary/aromatic N) is 2. The summed E-state index contributed by atoms with van der Waals surface area (Å²) < 4.78 is 66.4. The zero-order chi connectivity index (χ0) is 28.8. The fourth-order valence-electron chi connectivity index (χ4n) is 3.97. The lowest BCUT2D eigenvalue weighted by molar-refractivity contribution is -0.119. The summed E-state index contributed by atoms with van der Waals surface area (Å²) in [5, 5.41) is 2.68. The molecule has 0 atom stereocenters. The van der Waals surface area contributed by atoms with Crippen molar-refractivity contribution < 1.29 is 31.1 Å². The first-order valence-corrected chi connectivity index (χ1v) is 16.2. The van der Waals surface area contributed by atoms with Gasteiger partial charge in [-0.15, -0.1) is 0 Å². The van der Waals surface area contributed by atoms with Gasteiger partial charge < -0.3 is 14.8 Å². The van der Waals surface area contributed by atoms with E-state index in [9.17, 15) is 21.6 Å². The van der Waals surface area contributed by atoms with Gasteiger partial charge in [0.1, 0.15) is 18.9 Å². The van der Waals surface area contributed by atoms with Crippen LogP contribution in [0.15, 0.2) is 87.1 Å². The molecule has 0 aliphatic carbocycles. The van der Waals surface area contributed by atoms with Gasteiger partial charge in [0, 0.05) is 17.6 Å². The van der Waals surface area contributed by atoms with Gasteiger partial charge in [-0.3, -0.25) is 9.10 Å². The molecule has 0 aromatic heterocycles. The lowest BCUT2D eigenvalue weighted by Gasteiger charge is -2.26. The third-order valence-corrected chi connectivity index (χ3v) is 10.3. The predicted molar refractivity (Wildman–Crippen MR) is 154 cm³/mol. The maximum Gasteiger partial charge on any atom is 0.264 e. The number of sulfonamides is 2. The number of benzene rings is 3. The first-order chi connectivity index (χ1) is 19.1. The molecule has 0 radical (unpaired) electrons. The summed E-state index contributed by atoms with van der Waals surface area (Å²) in [7, 11) is -7.62. The van der Waals surface area contributed by atoms with Crippen LogP contribution in [0.2, 0.25) is 0 Å². The lowest BCUT2D eigenvalue weighted by Crippen LogP contribution is -2.42. The molecule has 1 heterocycles. The van der Waals surface area contributed by atoms with Crippen molar-refractivity contribution >= 4 is 47.6 Å². The Morgan fingerprint density at radius 3 is 2.27 bits per heavy atom. The van der Waals surface area contributed by atoms with Crippen LogP contribution in [0, 0.1) is 6.92 Å². The maximum absolute atomic E-state index is 13.5. The number of nitrogens with one attached hydrogen (secondary N) is 1. The quantitative estimate of drug-likeness (QED) is 0.316. The highest BCUT2D eigenvalue weighted by Crippen LogP contribution is 2.26. The predicted octanol–water partition coefficient (Wildman–Crippen LogP) is 3.17. The molecule has 1 N–H and O–H groups in total. The minimum atomic E-state index is -4.02. The largest absolute Gasteiger partial charge is 0.492 e. The normalized spacial score (nSPS) is 14.4. The van der Waals surface area contributed by atoms with E-state index in [0.717, 1.165) is 9.87 Å². The van der Waals surface area contributed by atoms with E-state index in [4.69, 9.17) is 9.47 Å². The molecule has 0 saturated carbocycles. The average Bonchev–Trinajstić information content (AvgIpc) is 2.95. The minimum absolute atomic E-state index is 0.0771. The molecule has 10 nitrogen and oxygen atoms in total. The van der Waals surface area contributed by atoms with Crippen molar-refractivity contribution in [3.8, 4) is 5.75 Å². The summed E-state index contributed by atoms with van der Waals surface area (Å²) in [4.78, 5) is 13.0. The van der Waals surface area contributed by atoms with Crippen molar-refractivity contribution in [2.45, 2.75) is 16.7 Å². The van der Waals surface area contributed by atoms with Gasteiger partial charge in [0.15, 0.2) is 0 Å². The zero-order valence-electron chi connectivity index (χ0n) is 21.8. The number of carbonyl (C=O) groups is 1. The molecule has 1 saturated heterocycles. The Morgan fingerprint density at radius 2 is 1.62 bits per heavy atom. The standard InChI is InChI=1S/C27H30BrN3O7S2/c1-21-5-9-26(10-6-21)40(35,36)31(23-4-2-3-22(28)19-23)20-27(32)29-13-16-38-24-7-11-25(12-8-24)39(33,34)30-14-17-37-18-15-30/h2-12,19H,13-18,20H2,1H3,(H,29,32). The van der Waals surface area contributed by atoms with Crippen molar-refractivity contribution in [2.75, 3.05) is 50.3 Å². The highest BCUT2D eigenvalue weighted by atomic mass is 79.9. The Balaban J connectivity index is 1.35. The lowest BCUT2D eigenvalue weighted by atomic mass is 10.2. The molecule has 1 aliphatic rings. The molecular formula is C27H30BrN3O7S2. The van der Waals surface area contributed by atoms with Crippen LogP contribution in [0.25, 0.3) is 0 Å². The number of hydrogen-bond acceptors (Lipinski definition) is 7. The number of hydrogen-bond donors (Lipinski definition) is 1. The van der Waals surface area contributed by atoms with Gasteiger partial charge >= 0.3 is 0 Å². The second kappa shape index (κ2) is 13.1. The number of amides is 1. The molecule has 0 spiro atoms. The molecule has 0 bridgehead atoms. The number of morpholine rings is 1. The number of rotatable bonds is 11. The summed E-state index contributed by atoms with van der Waals surface area (Å²) in [6.07, 6.45) is 0. The highest BCUT2D eigenvalue weighted by Gasteiger charge is 2.28. The summed E-state index contributed by atoms with van der Waals surface area (Å²) in [5.74, 6) is -0.0703. The Hall–Kier alpha value is -2.97. The van der Waals surface area contributed by atoms with Crippen molar-refractivity contribution in [1.29, 1.82) is 0 Å². The molecule has 3 aromatic carbocycles. The average molecular weight is 653 g/mol. The van der Waals surface area contributed by atoms with Gasteiger partial charge in [-0.2, -0.15) is 4.31 Å². The summed E-state index contributed by atoms with van der Waals surface area (Å²) in [6.45, 7) is 3.00. The van der Waals surface area contributed by atoms with E-state index in [1.165, 1.54) is 28.6 Å². The van der Waals surface area contributed by atoms with E-state index in [0.29, 0.717) is 42.2 Å². The maximum atomic E-state index is 13.5. The first kappa shape index (κ1) is 30.0. The highest BCUT2D eigenvalue weighted by molar-refractivity contribution is 9.10. The zero-order valence-corrected chi connectivity index (χ0v) is 25.0. The second-order valence-corrected chi connectivity index (χ2v) is 13.7. The van der Waals surface area contributed by atoms with Crippen molar-refractivity contribution in [2.24, 2.45) is 0 Å². The van der Waals surface area contributed by atoms with E-state index in [2.05, 4.69) is 21.2 Å². The molecule has 40 heavy (non-hydrogen) atoms. The first-order valence-electron chi connectivity index (χ1n) is 12.5. The van der Waals surface area contributed by atoms with Crippen LogP contribution < -0.4 is 14.4 Å². The molecular weight excluding hydrogens is 622 g/mol. The minimum Gasteiger partial charge on any atom is -0.492 e. The smallest absolute Gasteiger partial charge is 0.264 e. The molecule has 214 valence electrons. The molecule has 1 fully saturated rings. The third kappa shape index (κ3) is 7.40. The number of aryl methyl sites for hydroxylation is 1. The van der Waals surface area contributed by atoms with E-state index in [1.807, 2.05) is 6.92 Å². The van der Waals surface area contributed by atoms with E-state index in [-0.39, 0.29) is 22.9 Å². The van der Waals surface area contributed by atoms with Crippen LogP contribution in [0.4, 0.5) is 5.69 Å². The van der Waals surface area contributed by atoms with Gasteiger partial charge in [0.25, 0.3) is 10.0 Å². The molecule has 0 unspecified atom stereocenters. The van der Waals surface area contributed by atoms with Gasteiger partial charge in [0.05, 0.1) is 35.2 Å². The topological polar surface area (TPSA) is 122 Å². The van der Waals surface area contributed by atoms with Crippen molar-refractivity contribution in [3.63, 3.8) is 0 Å². The van der Waals surface area contributed by atoms with Gasteiger partial charge in [-0.05, 0) is 61.5 Å². The van der Waals surface area contributed by atoms with Gasteiger partial charge in [-0.25, -0.2) is 16.8 Å². The SMILES string of the molecule is Cc1ccc(S(=O)(=O)N(CC(=O)NCCOc2ccc(S(=O)(=O)N3CCOCC3)cc2)c2cccc(Br)c2)cc1. The molecule has 1 amide bonds. The molecule has 1 aliphatic heterocycles. The monoisotopic (exact) mass is 651 g/mol. The second-order valence-electron chi connectivity index (χ2n) is 8.99. The fraction of sp³-hybridized carbons (Fsp3) is 0.296. The van der Waals surface area contributed by atoms with Gasteiger partial charge in [-0.1, -0.05) is 39.7 Å². The van der Waals surface area contributed by atoms with E-state index < -0.39 is 32.5 Å². The summed E-state index contributed by atoms with van der Waals surface area (Å²) in [6, 6.07) is 19.2. The van der Waals surface area contributed by atoms with Crippen LogP contribution >= 0.6 is 15.9 Å². The Morgan fingerprint density at radius 1 is 0.975 bits per heavy atom. The third-order valence-electron chi connectivity index (χ3n) is 6.12. The van der Waals surface area contributed by atoms with Crippen LogP contribution in [0.1, 0.15) is 5.56 Å². The molecule has 3 aromatic rings. The fourth-order valence-corrected chi connectivity index (χ4v) is 7.18. The summed E-state index contributed by atoms with van der Waals surface area (Å²) in [5.41, 5.74) is 1.26. The Bertz CT molecular complexity index is 1530. The van der Waals surface area contributed by atoms with Crippen molar-refractivity contribution in [1.82, 2.24) is 9.62 Å².